The van der Waals surface area contributed by atoms with Crippen molar-refractivity contribution < 1.29 is 26.6 Å². The lowest BCUT2D eigenvalue weighted by Crippen LogP contribution is -2.16. The van der Waals surface area contributed by atoms with Crippen LogP contribution in [0.15, 0.2) is 108 Å². The summed E-state index contributed by atoms with van der Waals surface area (Å²) in [5.41, 5.74) is 8.21. The molecule has 2 aromatic rings. The van der Waals surface area contributed by atoms with Crippen molar-refractivity contribution in [2.75, 3.05) is 13.6 Å². The van der Waals surface area contributed by atoms with Gasteiger partial charge in [-0.1, -0.05) is 68.5 Å². The second kappa shape index (κ2) is 14.9. The van der Waals surface area contributed by atoms with Gasteiger partial charge in [0.25, 0.3) is 0 Å². The van der Waals surface area contributed by atoms with Gasteiger partial charge in [-0.2, -0.15) is 5.26 Å². The quantitative estimate of drug-likeness (QED) is 0.193. The molecule has 2 aliphatic rings. The van der Waals surface area contributed by atoms with Gasteiger partial charge in [0.05, 0.1) is 12.5 Å². The summed E-state index contributed by atoms with van der Waals surface area (Å²) in [5, 5.41) is 8.82. The highest BCUT2D eigenvalue weighted by atomic mass is 19.5. The van der Waals surface area contributed by atoms with Gasteiger partial charge in [-0.3, -0.25) is 0 Å². The third-order valence-corrected chi connectivity index (χ3v) is 6.49. The lowest BCUT2D eigenvalue weighted by molar-refractivity contribution is -0.494. The van der Waals surface area contributed by atoms with E-state index in [4.69, 9.17) is 10.00 Å². The predicted molar refractivity (Wildman–Crippen MR) is 160 cm³/mol. The van der Waals surface area contributed by atoms with Crippen molar-refractivity contribution in [2.24, 2.45) is 0 Å². The SMILES string of the molecule is CCc1ccc(C2=CC(=CC=C3C=CC(=[N+](C)CCC#N)C=C3)OC(c3ccc(CC)cc3)=C2)cc1.F[B-](F)(F)F. The monoisotopic (exact) mass is 560 g/mol. The molecule has 4 rings (SSSR count). The Hall–Kier alpha value is -4.38. The summed E-state index contributed by atoms with van der Waals surface area (Å²) in [6.45, 7) is 5.06. The molecule has 2 aromatic carbocycles. The van der Waals surface area contributed by atoms with Gasteiger partial charge in [0, 0.05) is 17.7 Å². The molecule has 0 unspecified atom stereocenters. The topological polar surface area (TPSA) is 36.0 Å². The first-order valence-corrected chi connectivity index (χ1v) is 13.5. The Morgan fingerprint density at radius 3 is 1.85 bits per heavy atom. The molecular formula is C33H33BF4N2O. The number of benzene rings is 2. The van der Waals surface area contributed by atoms with Gasteiger partial charge in [-0.05, 0) is 71.1 Å². The van der Waals surface area contributed by atoms with E-state index in [-0.39, 0.29) is 0 Å². The van der Waals surface area contributed by atoms with E-state index in [9.17, 15) is 17.3 Å². The maximum absolute atomic E-state index is 9.75. The highest BCUT2D eigenvalue weighted by molar-refractivity contribution is 6.50. The Morgan fingerprint density at radius 1 is 0.805 bits per heavy atom. The van der Waals surface area contributed by atoms with Gasteiger partial charge in [-0.25, -0.2) is 4.58 Å². The second-order valence-corrected chi connectivity index (χ2v) is 9.46. The third-order valence-electron chi connectivity index (χ3n) is 6.49. The van der Waals surface area contributed by atoms with Gasteiger partial charge >= 0.3 is 7.25 Å². The molecule has 212 valence electrons. The number of nitriles is 1. The predicted octanol–water partition coefficient (Wildman–Crippen LogP) is 8.50. The first kappa shape index (κ1) is 31.2. The number of hydrogen-bond acceptors (Lipinski definition) is 2. The van der Waals surface area contributed by atoms with Gasteiger partial charge in [0.2, 0.25) is 0 Å². The summed E-state index contributed by atoms with van der Waals surface area (Å²) in [6.07, 6.45) is 19.2. The molecule has 0 radical (unpaired) electrons. The number of aryl methyl sites for hydroxylation is 2. The standard InChI is InChI=1S/C33H33N2O.BF4/c1-4-25-7-14-28(15-8-25)30-23-32(36-33(24-30)29-16-9-26(5-2)10-17-29)20-13-27-11-18-31(19-12-27)35(3)22-6-21-34;2-1(3,4)5/h7-20,23-24H,4-6,22H2,1-3H3;/q+1;-1. The van der Waals surface area contributed by atoms with Gasteiger partial charge < -0.3 is 22.0 Å². The molecule has 1 aliphatic carbocycles. The normalized spacial score (nSPS) is 15.3. The lowest BCUT2D eigenvalue weighted by Gasteiger charge is -2.18. The van der Waals surface area contributed by atoms with Gasteiger partial charge in [-0.15, -0.1) is 0 Å². The zero-order chi connectivity index (χ0) is 29.8. The summed E-state index contributed by atoms with van der Waals surface area (Å²) in [7, 11) is -3.99. The fourth-order valence-electron chi connectivity index (χ4n) is 4.12. The van der Waals surface area contributed by atoms with Crippen LogP contribution in [0.1, 0.15) is 42.5 Å². The molecular weight excluding hydrogens is 527 g/mol. The molecule has 0 fully saturated rings. The molecule has 0 bridgehead atoms. The molecule has 0 atom stereocenters. The maximum Gasteiger partial charge on any atom is 0.673 e. The highest BCUT2D eigenvalue weighted by Gasteiger charge is 2.20. The van der Waals surface area contributed by atoms with Crippen molar-refractivity contribution in [3.05, 3.63) is 131 Å². The smallest absolute Gasteiger partial charge is 0.457 e. The van der Waals surface area contributed by atoms with Gasteiger partial charge in [0.1, 0.15) is 18.6 Å². The van der Waals surface area contributed by atoms with Crippen molar-refractivity contribution in [1.82, 2.24) is 0 Å². The molecule has 0 N–H and O–H groups in total. The minimum Gasteiger partial charge on any atom is -0.457 e. The minimum absolute atomic E-state index is 0.515. The van der Waals surface area contributed by atoms with E-state index in [2.05, 4.69) is 116 Å². The van der Waals surface area contributed by atoms with E-state index in [1.54, 1.807) is 0 Å². The first-order chi connectivity index (χ1) is 19.6. The largest absolute Gasteiger partial charge is 0.673 e. The van der Waals surface area contributed by atoms with Crippen molar-refractivity contribution >= 4 is 24.3 Å². The zero-order valence-corrected chi connectivity index (χ0v) is 23.5. The summed E-state index contributed by atoms with van der Waals surface area (Å²) in [6, 6.07) is 19.6. The summed E-state index contributed by atoms with van der Waals surface area (Å²) in [4.78, 5) is 0. The average molecular weight is 560 g/mol. The molecule has 0 amide bonds. The molecule has 8 heteroatoms. The third kappa shape index (κ3) is 10.3. The van der Waals surface area contributed by atoms with Crippen LogP contribution in [0.3, 0.4) is 0 Å². The summed E-state index contributed by atoms with van der Waals surface area (Å²) >= 11 is 0. The second-order valence-electron chi connectivity index (χ2n) is 9.46. The van der Waals surface area contributed by atoms with E-state index in [1.807, 2.05) is 13.1 Å². The van der Waals surface area contributed by atoms with Crippen LogP contribution in [0.25, 0.3) is 11.3 Å². The van der Waals surface area contributed by atoms with Crippen LogP contribution in [0.5, 0.6) is 0 Å². The molecule has 0 saturated heterocycles. The fraction of sp³-hybridized carbons (Fsp3) is 0.212. The Balaban J connectivity index is 0.000000850. The van der Waals surface area contributed by atoms with Crippen molar-refractivity contribution in [3.63, 3.8) is 0 Å². The highest BCUT2D eigenvalue weighted by Crippen LogP contribution is 2.32. The van der Waals surface area contributed by atoms with E-state index in [0.29, 0.717) is 6.42 Å². The minimum atomic E-state index is -6.00. The number of allylic oxidation sites excluding steroid dienone is 10. The van der Waals surface area contributed by atoms with Crippen LogP contribution in [0.4, 0.5) is 17.3 Å². The molecule has 41 heavy (non-hydrogen) atoms. The summed E-state index contributed by atoms with van der Waals surface area (Å²) < 4.78 is 47.4. The number of hydrogen-bond donors (Lipinski definition) is 0. The molecule has 1 heterocycles. The van der Waals surface area contributed by atoms with Crippen LogP contribution in [-0.4, -0.2) is 31.1 Å². The first-order valence-electron chi connectivity index (χ1n) is 13.5. The van der Waals surface area contributed by atoms with Crippen LogP contribution < -0.4 is 0 Å². The van der Waals surface area contributed by atoms with E-state index < -0.39 is 7.25 Å². The van der Waals surface area contributed by atoms with E-state index >= 15 is 0 Å². The maximum atomic E-state index is 9.75. The fourth-order valence-corrected chi connectivity index (χ4v) is 4.12. The van der Waals surface area contributed by atoms with Crippen LogP contribution in [0, 0.1) is 11.3 Å². The van der Waals surface area contributed by atoms with E-state index in [1.165, 1.54) is 16.7 Å². The van der Waals surface area contributed by atoms with Gasteiger partial charge in [0.15, 0.2) is 12.3 Å². The average Bonchev–Trinajstić information content (AvgIpc) is 2.98. The Kier molecular flexibility index (Phi) is 11.3. The van der Waals surface area contributed by atoms with Crippen LogP contribution in [-0.2, 0) is 17.6 Å². The number of halogens is 4. The zero-order valence-electron chi connectivity index (χ0n) is 23.5. The lowest BCUT2D eigenvalue weighted by atomic mass is 9.98. The molecule has 0 aromatic heterocycles. The van der Waals surface area contributed by atoms with Crippen molar-refractivity contribution in [2.45, 2.75) is 33.1 Å². The van der Waals surface area contributed by atoms with Crippen LogP contribution in [0.2, 0.25) is 0 Å². The van der Waals surface area contributed by atoms with Crippen LogP contribution >= 0.6 is 0 Å². The molecule has 0 spiro atoms. The van der Waals surface area contributed by atoms with Crippen molar-refractivity contribution in [3.8, 4) is 6.07 Å². The Morgan fingerprint density at radius 2 is 1.34 bits per heavy atom. The number of ether oxygens (including phenoxy) is 1. The molecule has 3 nitrogen and oxygen atoms in total. The summed E-state index contributed by atoms with van der Waals surface area (Å²) in [5.74, 6) is 1.65. The number of nitrogens with zero attached hydrogens (tertiary/aromatic N) is 2. The molecule has 0 saturated carbocycles. The molecule has 1 aliphatic heterocycles. The Labute approximate surface area is 239 Å². The van der Waals surface area contributed by atoms with Crippen molar-refractivity contribution in [1.29, 1.82) is 5.26 Å². The van der Waals surface area contributed by atoms with E-state index in [0.717, 1.165) is 53.3 Å². The number of rotatable bonds is 7. The Bertz CT molecular complexity index is 1440.